The van der Waals surface area contributed by atoms with Gasteiger partial charge in [-0.25, -0.2) is 4.39 Å². The Hall–Kier alpha value is -2.76. The van der Waals surface area contributed by atoms with Crippen molar-refractivity contribution in [3.05, 3.63) is 53.3 Å². The molecule has 1 aliphatic rings. The molecular formula is C17H15FO5. The Labute approximate surface area is 132 Å². The second-order valence-electron chi connectivity index (χ2n) is 5.16. The maximum absolute atomic E-state index is 13.5. The van der Waals surface area contributed by atoms with Crippen molar-refractivity contribution in [2.75, 3.05) is 13.9 Å². The largest absolute Gasteiger partial charge is 0.496 e. The highest BCUT2D eigenvalue weighted by Crippen LogP contribution is 2.36. The van der Waals surface area contributed by atoms with E-state index in [0.717, 1.165) is 0 Å². The molecule has 1 aliphatic heterocycles. The molecule has 0 aromatic heterocycles. The number of ether oxygens (including phenoxy) is 3. The number of carboxylic acids is 1. The van der Waals surface area contributed by atoms with Crippen LogP contribution in [0.4, 0.5) is 4.39 Å². The van der Waals surface area contributed by atoms with Crippen LogP contribution in [-0.4, -0.2) is 25.0 Å². The Morgan fingerprint density at radius 1 is 1.26 bits per heavy atom. The van der Waals surface area contributed by atoms with Crippen molar-refractivity contribution in [2.45, 2.75) is 12.3 Å². The zero-order valence-corrected chi connectivity index (χ0v) is 12.4. The van der Waals surface area contributed by atoms with E-state index in [1.807, 2.05) is 0 Å². The summed E-state index contributed by atoms with van der Waals surface area (Å²) in [4.78, 5) is 11.7. The van der Waals surface area contributed by atoms with Crippen LogP contribution in [0.1, 0.15) is 17.0 Å². The maximum Gasteiger partial charge on any atom is 0.311 e. The first kappa shape index (κ1) is 15.1. The van der Waals surface area contributed by atoms with Crippen LogP contribution >= 0.6 is 0 Å². The SMILES string of the molecule is COc1ccc(F)cc1CC(C(=O)O)c1ccc2c(c1)OCO2. The maximum atomic E-state index is 13.5. The van der Waals surface area contributed by atoms with Crippen molar-refractivity contribution in [3.63, 3.8) is 0 Å². The normalized spacial score (nSPS) is 13.7. The smallest absolute Gasteiger partial charge is 0.311 e. The Kier molecular flexibility index (Phi) is 4.06. The van der Waals surface area contributed by atoms with E-state index < -0.39 is 17.7 Å². The molecule has 120 valence electrons. The number of hydrogen-bond acceptors (Lipinski definition) is 4. The molecule has 0 aliphatic carbocycles. The van der Waals surface area contributed by atoms with Gasteiger partial charge in [-0.15, -0.1) is 0 Å². The summed E-state index contributed by atoms with van der Waals surface area (Å²) < 4.78 is 29.2. The Bertz CT molecular complexity index is 744. The number of halogens is 1. The molecule has 0 spiro atoms. The van der Waals surface area contributed by atoms with Gasteiger partial charge in [-0.2, -0.15) is 0 Å². The van der Waals surface area contributed by atoms with Crippen molar-refractivity contribution < 1.29 is 28.5 Å². The third-order valence-corrected chi connectivity index (χ3v) is 3.76. The number of methoxy groups -OCH3 is 1. The van der Waals surface area contributed by atoms with Gasteiger partial charge in [-0.3, -0.25) is 4.79 Å². The van der Waals surface area contributed by atoms with Gasteiger partial charge in [0.15, 0.2) is 11.5 Å². The number of carbonyl (C=O) groups is 1. The van der Waals surface area contributed by atoms with Crippen LogP contribution in [0.5, 0.6) is 17.2 Å². The van der Waals surface area contributed by atoms with Gasteiger partial charge in [0.2, 0.25) is 6.79 Å². The lowest BCUT2D eigenvalue weighted by molar-refractivity contribution is -0.138. The molecule has 3 rings (SSSR count). The topological polar surface area (TPSA) is 65.0 Å². The van der Waals surface area contributed by atoms with E-state index in [4.69, 9.17) is 14.2 Å². The number of fused-ring (bicyclic) bond motifs is 1. The zero-order valence-electron chi connectivity index (χ0n) is 12.4. The summed E-state index contributed by atoms with van der Waals surface area (Å²) in [6.45, 7) is 0.119. The van der Waals surface area contributed by atoms with Crippen molar-refractivity contribution in [2.24, 2.45) is 0 Å². The van der Waals surface area contributed by atoms with Crippen molar-refractivity contribution in [3.8, 4) is 17.2 Å². The van der Waals surface area contributed by atoms with Crippen molar-refractivity contribution >= 4 is 5.97 Å². The number of aliphatic carboxylic acids is 1. The average molecular weight is 318 g/mol. The molecule has 0 saturated heterocycles. The van der Waals surface area contributed by atoms with Gasteiger partial charge in [0, 0.05) is 0 Å². The molecule has 2 aromatic rings. The summed E-state index contributed by atoms with van der Waals surface area (Å²) in [5.74, 6) is -0.731. The third-order valence-electron chi connectivity index (χ3n) is 3.76. The highest BCUT2D eigenvalue weighted by atomic mass is 19.1. The van der Waals surface area contributed by atoms with Gasteiger partial charge >= 0.3 is 5.97 Å². The molecule has 1 unspecified atom stereocenters. The van der Waals surface area contributed by atoms with E-state index in [9.17, 15) is 14.3 Å². The van der Waals surface area contributed by atoms with Crippen LogP contribution in [0.3, 0.4) is 0 Å². The predicted molar refractivity (Wildman–Crippen MR) is 79.6 cm³/mol. The van der Waals surface area contributed by atoms with Crippen molar-refractivity contribution in [1.29, 1.82) is 0 Å². The number of hydrogen-bond donors (Lipinski definition) is 1. The molecule has 6 heteroatoms. The standard InChI is InChI=1S/C17H15FO5/c1-21-14-5-3-12(18)6-11(14)7-13(17(19)20)10-2-4-15-16(8-10)23-9-22-15/h2-6,8,13H,7,9H2,1H3,(H,19,20). The minimum atomic E-state index is -1.00. The summed E-state index contributed by atoms with van der Waals surface area (Å²) in [6, 6.07) is 9.06. The zero-order chi connectivity index (χ0) is 16.4. The first-order valence-corrected chi connectivity index (χ1v) is 7.03. The number of benzene rings is 2. The molecule has 1 N–H and O–H groups in total. The molecule has 0 amide bonds. The van der Waals surface area contributed by atoms with Gasteiger partial charge in [0.05, 0.1) is 13.0 Å². The van der Waals surface area contributed by atoms with Crippen LogP contribution in [0.25, 0.3) is 0 Å². The fourth-order valence-corrected chi connectivity index (χ4v) is 2.60. The quantitative estimate of drug-likeness (QED) is 0.918. The lowest BCUT2D eigenvalue weighted by Gasteiger charge is -2.15. The van der Waals surface area contributed by atoms with Crippen LogP contribution in [-0.2, 0) is 11.2 Å². The molecule has 2 aromatic carbocycles. The summed E-state index contributed by atoms with van der Waals surface area (Å²) >= 11 is 0. The molecule has 5 nitrogen and oxygen atoms in total. The van der Waals surface area contributed by atoms with Crippen LogP contribution in [0.2, 0.25) is 0 Å². The van der Waals surface area contributed by atoms with E-state index in [1.54, 1.807) is 18.2 Å². The highest BCUT2D eigenvalue weighted by molar-refractivity contribution is 5.77. The Morgan fingerprint density at radius 2 is 2.04 bits per heavy atom. The lowest BCUT2D eigenvalue weighted by atomic mass is 9.91. The highest BCUT2D eigenvalue weighted by Gasteiger charge is 2.25. The van der Waals surface area contributed by atoms with Gasteiger partial charge in [0.25, 0.3) is 0 Å². The Morgan fingerprint density at radius 3 is 2.78 bits per heavy atom. The fourth-order valence-electron chi connectivity index (χ4n) is 2.60. The summed E-state index contributed by atoms with van der Waals surface area (Å²) in [5.41, 5.74) is 1.06. The van der Waals surface area contributed by atoms with Gasteiger partial charge in [-0.05, 0) is 47.9 Å². The molecular weight excluding hydrogens is 303 g/mol. The van der Waals surface area contributed by atoms with Crippen molar-refractivity contribution in [1.82, 2.24) is 0 Å². The average Bonchev–Trinajstić information content (AvgIpc) is 3.00. The first-order chi connectivity index (χ1) is 11.1. The molecule has 1 heterocycles. The Balaban J connectivity index is 1.94. The lowest BCUT2D eigenvalue weighted by Crippen LogP contribution is -2.15. The molecule has 0 fully saturated rings. The van der Waals surface area contributed by atoms with E-state index >= 15 is 0 Å². The minimum Gasteiger partial charge on any atom is -0.496 e. The summed E-state index contributed by atoms with van der Waals surface area (Å²) in [5, 5.41) is 9.56. The van der Waals surface area contributed by atoms with Gasteiger partial charge in [-0.1, -0.05) is 6.07 Å². The number of carboxylic acid groups (broad SMARTS) is 1. The summed E-state index contributed by atoms with van der Waals surface area (Å²) in [7, 11) is 1.47. The van der Waals surface area contributed by atoms with Crippen LogP contribution < -0.4 is 14.2 Å². The molecule has 1 atom stereocenters. The van der Waals surface area contributed by atoms with Crippen LogP contribution in [0.15, 0.2) is 36.4 Å². The summed E-state index contributed by atoms with van der Waals surface area (Å²) in [6.07, 6.45) is 0.107. The van der Waals surface area contributed by atoms with E-state index in [1.165, 1.54) is 25.3 Å². The monoisotopic (exact) mass is 318 g/mol. The van der Waals surface area contributed by atoms with Crippen LogP contribution in [0, 0.1) is 5.82 Å². The van der Waals surface area contributed by atoms with Gasteiger partial charge < -0.3 is 19.3 Å². The predicted octanol–water partition coefficient (Wildman–Crippen LogP) is 2.97. The number of rotatable bonds is 5. The third kappa shape index (κ3) is 3.06. The van der Waals surface area contributed by atoms with E-state index in [0.29, 0.717) is 28.4 Å². The second kappa shape index (κ2) is 6.16. The van der Waals surface area contributed by atoms with E-state index in [2.05, 4.69) is 0 Å². The molecule has 23 heavy (non-hydrogen) atoms. The molecule has 0 bridgehead atoms. The first-order valence-electron chi connectivity index (χ1n) is 7.03. The van der Waals surface area contributed by atoms with Gasteiger partial charge in [0.1, 0.15) is 11.6 Å². The minimum absolute atomic E-state index is 0.107. The fraction of sp³-hybridized carbons (Fsp3) is 0.235. The molecule has 0 radical (unpaired) electrons. The second-order valence-corrected chi connectivity index (χ2v) is 5.16. The molecule has 0 saturated carbocycles. The van der Waals surface area contributed by atoms with E-state index in [-0.39, 0.29) is 13.2 Å².